The van der Waals surface area contributed by atoms with Crippen LogP contribution in [0.15, 0.2) is 24.3 Å². The normalized spacial score (nSPS) is 16.0. The summed E-state index contributed by atoms with van der Waals surface area (Å²) in [7, 11) is 1.65. The molecule has 1 aromatic carbocycles. The van der Waals surface area contributed by atoms with Crippen LogP contribution in [0.3, 0.4) is 0 Å². The molecular formula is C15H22N2O3. The lowest BCUT2D eigenvalue weighted by Gasteiger charge is -2.23. The molecule has 1 heterocycles. The molecule has 1 aliphatic rings. The van der Waals surface area contributed by atoms with Crippen LogP contribution in [-0.4, -0.2) is 43.7 Å². The van der Waals surface area contributed by atoms with Crippen LogP contribution in [0, 0.1) is 0 Å². The number of carbonyl (C=O) groups is 1. The summed E-state index contributed by atoms with van der Waals surface area (Å²) in [6, 6.07) is 7.34. The van der Waals surface area contributed by atoms with Gasteiger partial charge in [0.2, 0.25) is 5.91 Å². The number of rotatable bonds is 5. The number of methoxy groups -OCH3 is 1. The van der Waals surface area contributed by atoms with Crippen LogP contribution in [0.5, 0.6) is 5.75 Å². The van der Waals surface area contributed by atoms with Crippen molar-refractivity contribution in [1.29, 1.82) is 0 Å². The third-order valence-electron chi connectivity index (χ3n) is 3.45. The topological polar surface area (TPSA) is 64.8 Å². The van der Waals surface area contributed by atoms with Gasteiger partial charge >= 0.3 is 0 Å². The highest BCUT2D eigenvalue weighted by Gasteiger charge is 2.23. The van der Waals surface area contributed by atoms with Gasteiger partial charge in [0, 0.05) is 25.8 Å². The van der Waals surface area contributed by atoms with E-state index in [0.29, 0.717) is 32.7 Å². The number of hydrogen-bond acceptors (Lipinski definition) is 4. The van der Waals surface area contributed by atoms with Crippen LogP contribution in [0.2, 0.25) is 0 Å². The molecule has 1 amide bonds. The number of benzene rings is 1. The van der Waals surface area contributed by atoms with Crippen LogP contribution in [0.25, 0.3) is 0 Å². The number of ether oxygens (including phenoxy) is 2. The van der Waals surface area contributed by atoms with Gasteiger partial charge in [0.1, 0.15) is 12.4 Å². The molecule has 110 valence electrons. The number of hydrogen-bond donors (Lipinski definition) is 1. The maximum atomic E-state index is 12.4. The van der Waals surface area contributed by atoms with Crippen molar-refractivity contribution >= 4 is 5.91 Å². The van der Waals surface area contributed by atoms with Crippen molar-refractivity contribution in [2.24, 2.45) is 5.73 Å². The van der Waals surface area contributed by atoms with Crippen molar-refractivity contribution in [2.45, 2.75) is 25.4 Å². The van der Waals surface area contributed by atoms with Crippen LogP contribution in [0.1, 0.15) is 18.4 Å². The summed E-state index contributed by atoms with van der Waals surface area (Å²) in [6.07, 6.45) is 1.44. The van der Waals surface area contributed by atoms with Gasteiger partial charge in [0.15, 0.2) is 0 Å². The molecule has 0 aliphatic carbocycles. The molecule has 0 saturated carbocycles. The SMILES string of the molecule is COCCCC(N)C(=O)N1CCOc2ccccc2C1. The Morgan fingerprint density at radius 2 is 2.30 bits per heavy atom. The van der Waals surface area contributed by atoms with Gasteiger partial charge in [-0.3, -0.25) is 4.79 Å². The third kappa shape index (κ3) is 3.71. The smallest absolute Gasteiger partial charge is 0.239 e. The molecule has 0 radical (unpaired) electrons. The lowest BCUT2D eigenvalue weighted by Crippen LogP contribution is -2.44. The van der Waals surface area contributed by atoms with Crippen molar-refractivity contribution in [3.63, 3.8) is 0 Å². The van der Waals surface area contributed by atoms with Gasteiger partial charge in [0.25, 0.3) is 0 Å². The Balaban J connectivity index is 1.97. The molecule has 20 heavy (non-hydrogen) atoms. The minimum absolute atomic E-state index is 0.0126. The second kappa shape index (κ2) is 7.26. The highest BCUT2D eigenvalue weighted by molar-refractivity contribution is 5.81. The first-order valence-corrected chi connectivity index (χ1v) is 6.96. The Labute approximate surface area is 119 Å². The van der Waals surface area contributed by atoms with Crippen LogP contribution in [0.4, 0.5) is 0 Å². The van der Waals surface area contributed by atoms with E-state index in [1.54, 1.807) is 12.0 Å². The van der Waals surface area contributed by atoms with Crippen molar-refractivity contribution in [3.8, 4) is 5.75 Å². The minimum atomic E-state index is -0.463. The lowest BCUT2D eigenvalue weighted by atomic mass is 10.1. The molecule has 0 aromatic heterocycles. The monoisotopic (exact) mass is 278 g/mol. The molecule has 2 N–H and O–H groups in total. The van der Waals surface area contributed by atoms with Gasteiger partial charge in [-0.05, 0) is 18.9 Å². The van der Waals surface area contributed by atoms with E-state index in [1.165, 1.54) is 0 Å². The highest BCUT2D eigenvalue weighted by Crippen LogP contribution is 2.22. The third-order valence-corrected chi connectivity index (χ3v) is 3.45. The number of carbonyl (C=O) groups excluding carboxylic acids is 1. The van der Waals surface area contributed by atoms with E-state index in [0.717, 1.165) is 17.7 Å². The van der Waals surface area contributed by atoms with Crippen molar-refractivity contribution in [2.75, 3.05) is 26.9 Å². The van der Waals surface area contributed by atoms with E-state index < -0.39 is 6.04 Å². The summed E-state index contributed by atoms with van der Waals surface area (Å²) in [5.41, 5.74) is 7.00. The van der Waals surface area contributed by atoms with E-state index in [4.69, 9.17) is 15.2 Å². The van der Waals surface area contributed by atoms with Gasteiger partial charge in [-0.1, -0.05) is 18.2 Å². The molecule has 0 bridgehead atoms. The number of amides is 1. The molecule has 1 atom stereocenters. The van der Waals surface area contributed by atoms with Gasteiger partial charge in [0.05, 0.1) is 12.6 Å². The van der Waals surface area contributed by atoms with E-state index in [-0.39, 0.29) is 5.91 Å². The summed E-state index contributed by atoms with van der Waals surface area (Å²) in [5.74, 6) is 0.845. The first-order valence-electron chi connectivity index (χ1n) is 6.96. The van der Waals surface area contributed by atoms with E-state index in [9.17, 15) is 4.79 Å². The Morgan fingerprint density at radius 3 is 3.10 bits per heavy atom. The van der Waals surface area contributed by atoms with Crippen molar-refractivity contribution in [3.05, 3.63) is 29.8 Å². The van der Waals surface area contributed by atoms with E-state index in [2.05, 4.69) is 0 Å². The molecule has 5 nitrogen and oxygen atoms in total. The number of fused-ring (bicyclic) bond motifs is 1. The fourth-order valence-corrected chi connectivity index (χ4v) is 2.32. The average molecular weight is 278 g/mol. The highest BCUT2D eigenvalue weighted by atomic mass is 16.5. The first kappa shape index (κ1) is 14.8. The summed E-state index contributed by atoms with van der Waals surface area (Å²) in [6.45, 7) is 2.28. The predicted molar refractivity (Wildman–Crippen MR) is 76.4 cm³/mol. The molecule has 0 saturated heterocycles. The van der Waals surface area contributed by atoms with E-state index >= 15 is 0 Å². The maximum Gasteiger partial charge on any atom is 0.239 e. The first-order chi connectivity index (χ1) is 9.72. The Bertz CT molecular complexity index is 450. The minimum Gasteiger partial charge on any atom is -0.491 e. The Hall–Kier alpha value is -1.59. The van der Waals surface area contributed by atoms with Gasteiger partial charge in [-0.25, -0.2) is 0 Å². The lowest BCUT2D eigenvalue weighted by molar-refractivity contribution is -0.133. The summed E-state index contributed by atoms with van der Waals surface area (Å²) >= 11 is 0. The maximum absolute atomic E-state index is 12.4. The molecule has 0 fully saturated rings. The van der Waals surface area contributed by atoms with Gasteiger partial charge < -0.3 is 20.1 Å². The summed E-state index contributed by atoms with van der Waals surface area (Å²) in [5, 5.41) is 0. The second-order valence-electron chi connectivity index (χ2n) is 4.96. The van der Waals surface area contributed by atoms with Gasteiger partial charge in [-0.15, -0.1) is 0 Å². The predicted octanol–water partition coefficient (Wildman–Crippen LogP) is 1.16. The number of para-hydroxylation sites is 1. The zero-order valence-corrected chi connectivity index (χ0v) is 11.9. The quantitative estimate of drug-likeness (QED) is 0.821. The molecular weight excluding hydrogens is 256 g/mol. The van der Waals surface area contributed by atoms with E-state index in [1.807, 2.05) is 24.3 Å². The van der Waals surface area contributed by atoms with Crippen molar-refractivity contribution in [1.82, 2.24) is 4.90 Å². The standard InChI is InChI=1S/C15H22N2O3/c1-19-9-4-6-13(16)15(18)17-8-10-20-14-7-3-2-5-12(14)11-17/h2-3,5,7,13H,4,6,8-11,16H2,1H3. The largest absolute Gasteiger partial charge is 0.491 e. The average Bonchev–Trinajstić information content (AvgIpc) is 2.68. The fourth-order valence-electron chi connectivity index (χ4n) is 2.32. The molecule has 0 spiro atoms. The molecule has 2 rings (SSSR count). The molecule has 1 aliphatic heterocycles. The fraction of sp³-hybridized carbons (Fsp3) is 0.533. The number of nitrogens with two attached hydrogens (primary N) is 1. The molecule has 1 unspecified atom stereocenters. The molecule has 5 heteroatoms. The van der Waals surface area contributed by atoms with Crippen LogP contribution in [-0.2, 0) is 16.1 Å². The zero-order valence-electron chi connectivity index (χ0n) is 11.9. The second-order valence-corrected chi connectivity index (χ2v) is 4.96. The number of nitrogens with zero attached hydrogens (tertiary/aromatic N) is 1. The summed E-state index contributed by atoms with van der Waals surface area (Å²) < 4.78 is 10.6. The summed E-state index contributed by atoms with van der Waals surface area (Å²) in [4.78, 5) is 14.1. The van der Waals surface area contributed by atoms with Gasteiger partial charge in [-0.2, -0.15) is 0 Å². The Morgan fingerprint density at radius 1 is 1.50 bits per heavy atom. The van der Waals surface area contributed by atoms with Crippen molar-refractivity contribution < 1.29 is 14.3 Å². The zero-order chi connectivity index (χ0) is 14.4. The Kier molecular flexibility index (Phi) is 5.38. The van der Waals surface area contributed by atoms with Crippen LogP contribution >= 0.6 is 0 Å². The molecule has 1 aromatic rings. The van der Waals surface area contributed by atoms with Crippen LogP contribution < -0.4 is 10.5 Å².